The lowest BCUT2D eigenvalue weighted by molar-refractivity contribution is -0.136. The number of carbonyl (C=O) groups is 4. The number of likely N-dealkylation sites (tertiary alicyclic amines) is 1. The minimum atomic E-state index is -0.958. The van der Waals surface area contributed by atoms with Gasteiger partial charge in [-0.1, -0.05) is 12.1 Å². The SMILES string of the molecule is O=C1CC[C@H](N2C(=O)c3ccc(N4CC[C@H](CN5CCC(c6ccc(Nc7nc(-c8nccs8)cn8ccnc78)cc6)CC5)C4)cc3C2=O)C(=O)N1. The van der Waals surface area contributed by atoms with Crippen LogP contribution in [0.3, 0.4) is 0 Å². The van der Waals surface area contributed by atoms with E-state index in [9.17, 15) is 19.2 Å². The Kier molecular flexibility index (Phi) is 8.27. The lowest BCUT2D eigenvalue weighted by Crippen LogP contribution is -2.54. The monoisotopic (exact) mass is 715 g/mol. The van der Waals surface area contributed by atoms with Crippen molar-refractivity contribution in [1.29, 1.82) is 0 Å². The Morgan fingerprint density at radius 3 is 2.50 bits per heavy atom. The molecule has 5 aromatic rings. The summed E-state index contributed by atoms with van der Waals surface area (Å²) in [7, 11) is 0. The topological polar surface area (TPSA) is 145 Å². The molecule has 4 aliphatic heterocycles. The van der Waals surface area contributed by atoms with Gasteiger partial charge in [0.15, 0.2) is 11.5 Å². The van der Waals surface area contributed by atoms with Crippen molar-refractivity contribution in [3.63, 3.8) is 0 Å². The lowest BCUT2D eigenvalue weighted by atomic mass is 9.89. The van der Waals surface area contributed by atoms with Crippen LogP contribution >= 0.6 is 11.3 Å². The van der Waals surface area contributed by atoms with Crippen molar-refractivity contribution in [1.82, 2.24) is 34.5 Å². The number of hydrogen-bond acceptors (Lipinski definition) is 11. The number of imidazole rings is 1. The molecule has 3 fully saturated rings. The molecule has 52 heavy (non-hydrogen) atoms. The van der Waals surface area contributed by atoms with Gasteiger partial charge in [0, 0.05) is 67.6 Å². The molecule has 0 aliphatic carbocycles. The van der Waals surface area contributed by atoms with Gasteiger partial charge in [-0.3, -0.25) is 29.4 Å². The average Bonchev–Trinajstić information content (AvgIpc) is 3.98. The quantitative estimate of drug-likeness (QED) is 0.217. The van der Waals surface area contributed by atoms with Gasteiger partial charge in [0.25, 0.3) is 11.8 Å². The first kappa shape index (κ1) is 32.4. The zero-order valence-corrected chi connectivity index (χ0v) is 29.2. The van der Waals surface area contributed by atoms with E-state index in [1.165, 1.54) is 5.56 Å². The Balaban J connectivity index is 0.784. The second-order valence-corrected chi connectivity index (χ2v) is 15.0. The number of imide groups is 2. The summed E-state index contributed by atoms with van der Waals surface area (Å²) in [5.41, 5.74) is 5.44. The third kappa shape index (κ3) is 6.01. The number of nitrogens with zero attached hydrogens (tertiary/aromatic N) is 7. The minimum absolute atomic E-state index is 0.104. The maximum absolute atomic E-state index is 13.3. The molecule has 0 spiro atoms. The van der Waals surface area contributed by atoms with Crippen molar-refractivity contribution >= 4 is 57.8 Å². The van der Waals surface area contributed by atoms with Gasteiger partial charge in [0.2, 0.25) is 11.8 Å². The van der Waals surface area contributed by atoms with Gasteiger partial charge in [0.05, 0.1) is 11.1 Å². The van der Waals surface area contributed by atoms with Crippen molar-refractivity contribution in [2.45, 2.75) is 44.1 Å². The van der Waals surface area contributed by atoms with Gasteiger partial charge in [-0.2, -0.15) is 0 Å². The molecule has 13 nitrogen and oxygen atoms in total. The molecule has 0 unspecified atom stereocenters. The van der Waals surface area contributed by atoms with Gasteiger partial charge in [-0.15, -0.1) is 11.3 Å². The Hall–Kier alpha value is -5.47. The van der Waals surface area contributed by atoms with Crippen molar-refractivity contribution in [3.8, 4) is 10.7 Å². The molecule has 3 saturated heterocycles. The maximum atomic E-state index is 13.3. The number of nitrogens with one attached hydrogen (secondary N) is 2. The summed E-state index contributed by atoms with van der Waals surface area (Å²) < 4.78 is 1.97. The molecule has 264 valence electrons. The molecule has 4 amide bonds. The van der Waals surface area contributed by atoms with E-state index in [4.69, 9.17) is 4.98 Å². The Labute approximate surface area is 303 Å². The zero-order valence-electron chi connectivity index (χ0n) is 28.4. The van der Waals surface area contributed by atoms with Crippen LogP contribution < -0.4 is 15.5 Å². The standard InChI is InChI=1S/C38H37N9O4S/c48-32-8-7-31(35(49)43-32)47-37(50)28-6-5-27(19-29(28)38(47)51)45-16-9-23(21-45)20-44-14-10-25(11-15-44)24-1-3-26(4-2-24)41-33-34-39-12-17-46(34)22-30(42-33)36-40-13-18-52-36/h1-6,12-13,17-19,22-23,25,31H,7-11,14-16,20-21H2,(H,41,42)(H,43,48,49)/t23-,31+/m1/s1. The number of fused-ring (bicyclic) bond motifs is 2. The summed E-state index contributed by atoms with van der Waals surface area (Å²) in [5, 5.41) is 8.54. The molecular formula is C38H37N9O4S. The molecule has 4 aliphatic rings. The fraction of sp³-hybridized carbons (Fsp3) is 0.342. The van der Waals surface area contributed by atoms with E-state index < -0.39 is 23.8 Å². The van der Waals surface area contributed by atoms with Crippen LogP contribution in [0.25, 0.3) is 16.3 Å². The number of hydrogen-bond donors (Lipinski definition) is 2. The molecule has 2 N–H and O–H groups in total. The average molecular weight is 716 g/mol. The molecule has 7 heterocycles. The van der Waals surface area contributed by atoms with E-state index in [2.05, 4.69) is 54.7 Å². The highest BCUT2D eigenvalue weighted by atomic mass is 32.1. The molecule has 3 aromatic heterocycles. The van der Waals surface area contributed by atoms with Gasteiger partial charge in [0.1, 0.15) is 16.7 Å². The smallest absolute Gasteiger partial charge is 0.262 e. The summed E-state index contributed by atoms with van der Waals surface area (Å²) >= 11 is 1.56. The second kappa shape index (κ2) is 13.3. The summed E-state index contributed by atoms with van der Waals surface area (Å²) in [5.74, 6) is -0.194. The Morgan fingerprint density at radius 2 is 1.71 bits per heavy atom. The zero-order chi connectivity index (χ0) is 35.3. The van der Waals surface area contributed by atoms with Crippen molar-refractivity contribution in [3.05, 3.63) is 89.3 Å². The number of thiazole rings is 1. The predicted octanol–water partition coefficient (Wildman–Crippen LogP) is 4.70. The third-order valence-corrected chi connectivity index (χ3v) is 11.6. The molecule has 2 aromatic carbocycles. The molecule has 2 atom stereocenters. The molecule has 0 radical (unpaired) electrons. The molecule has 9 rings (SSSR count). The number of anilines is 3. The fourth-order valence-electron chi connectivity index (χ4n) is 8.13. The number of benzene rings is 2. The van der Waals surface area contributed by atoms with E-state index in [-0.39, 0.29) is 18.7 Å². The summed E-state index contributed by atoms with van der Waals surface area (Å²) in [6.45, 7) is 4.91. The first-order chi connectivity index (χ1) is 25.4. The van der Waals surface area contributed by atoms with E-state index in [1.807, 2.05) is 28.2 Å². The highest BCUT2D eigenvalue weighted by Gasteiger charge is 2.45. The van der Waals surface area contributed by atoms with Gasteiger partial charge >= 0.3 is 0 Å². The number of piperidine rings is 2. The van der Waals surface area contributed by atoms with Gasteiger partial charge in [-0.05, 0) is 86.5 Å². The van der Waals surface area contributed by atoms with Gasteiger partial charge in [-0.25, -0.2) is 15.0 Å². The molecule has 14 heteroatoms. The Bertz CT molecular complexity index is 2190. The van der Waals surface area contributed by atoms with Crippen LogP contribution in [0.4, 0.5) is 17.2 Å². The summed E-state index contributed by atoms with van der Waals surface area (Å²) in [6.07, 6.45) is 11.0. The van der Waals surface area contributed by atoms with Crippen LogP contribution in [-0.2, 0) is 9.59 Å². The highest BCUT2D eigenvalue weighted by molar-refractivity contribution is 7.13. The normalized spacial score (nSPS) is 21.3. The fourth-order valence-corrected chi connectivity index (χ4v) is 8.72. The maximum Gasteiger partial charge on any atom is 0.262 e. The molecular weight excluding hydrogens is 679 g/mol. The van der Waals surface area contributed by atoms with Crippen LogP contribution in [0.2, 0.25) is 0 Å². The number of carbonyl (C=O) groups excluding carboxylic acids is 4. The first-order valence-electron chi connectivity index (χ1n) is 17.8. The predicted molar refractivity (Wildman–Crippen MR) is 196 cm³/mol. The first-order valence-corrected chi connectivity index (χ1v) is 18.7. The minimum Gasteiger partial charge on any atom is -0.371 e. The van der Waals surface area contributed by atoms with Gasteiger partial charge < -0.3 is 19.5 Å². The number of aromatic nitrogens is 4. The third-order valence-electron chi connectivity index (χ3n) is 10.8. The lowest BCUT2D eigenvalue weighted by Gasteiger charge is -2.34. The largest absolute Gasteiger partial charge is 0.371 e. The summed E-state index contributed by atoms with van der Waals surface area (Å²) in [4.78, 5) is 70.2. The second-order valence-electron chi connectivity index (χ2n) is 14.1. The van der Waals surface area contributed by atoms with Crippen molar-refractivity contribution in [2.24, 2.45) is 5.92 Å². The van der Waals surface area contributed by atoms with Crippen LogP contribution in [0, 0.1) is 5.92 Å². The molecule has 0 bridgehead atoms. The van der Waals surface area contributed by atoms with E-state index in [1.54, 1.807) is 35.9 Å². The van der Waals surface area contributed by atoms with E-state index >= 15 is 0 Å². The van der Waals surface area contributed by atoms with Crippen molar-refractivity contribution in [2.75, 3.05) is 42.9 Å². The van der Waals surface area contributed by atoms with Crippen LogP contribution in [0.15, 0.2) is 72.6 Å². The van der Waals surface area contributed by atoms with Crippen LogP contribution in [-0.4, -0.2) is 91.5 Å². The molecule has 0 saturated carbocycles. The summed E-state index contributed by atoms with van der Waals surface area (Å²) in [6, 6.07) is 13.1. The van der Waals surface area contributed by atoms with E-state index in [0.29, 0.717) is 28.8 Å². The Morgan fingerprint density at radius 1 is 0.885 bits per heavy atom. The highest BCUT2D eigenvalue weighted by Crippen LogP contribution is 2.34. The number of amides is 4. The van der Waals surface area contributed by atoms with Crippen LogP contribution in [0.5, 0.6) is 0 Å². The van der Waals surface area contributed by atoms with Crippen LogP contribution in [0.1, 0.15) is 64.3 Å². The van der Waals surface area contributed by atoms with Crippen molar-refractivity contribution < 1.29 is 19.2 Å². The van der Waals surface area contributed by atoms with E-state index in [0.717, 1.165) is 84.6 Å². The number of rotatable bonds is 8.